The standard InChI is InChI=1S/C12H14N2O/c1-2-15-8-9-4-3-5-11-10(9)6-7-12(13)14-11/h3-7H,2,8H2,1H3,(H2,13,14). The van der Waals surface area contributed by atoms with Crippen LogP contribution in [-0.4, -0.2) is 11.6 Å². The van der Waals surface area contributed by atoms with Gasteiger partial charge in [0.25, 0.3) is 0 Å². The number of hydrogen-bond donors (Lipinski definition) is 1. The van der Waals surface area contributed by atoms with Gasteiger partial charge in [0.1, 0.15) is 5.82 Å². The van der Waals surface area contributed by atoms with Gasteiger partial charge in [-0.25, -0.2) is 4.98 Å². The van der Waals surface area contributed by atoms with Crippen molar-refractivity contribution in [1.29, 1.82) is 0 Å². The minimum atomic E-state index is 0.552. The summed E-state index contributed by atoms with van der Waals surface area (Å²) >= 11 is 0. The topological polar surface area (TPSA) is 48.1 Å². The molecule has 1 aromatic heterocycles. The molecule has 0 aliphatic rings. The highest BCUT2D eigenvalue weighted by molar-refractivity contribution is 5.83. The van der Waals surface area contributed by atoms with Gasteiger partial charge in [0, 0.05) is 12.0 Å². The molecule has 0 aliphatic heterocycles. The van der Waals surface area contributed by atoms with Crippen LogP contribution in [0, 0.1) is 0 Å². The number of pyridine rings is 1. The average Bonchev–Trinajstić information content (AvgIpc) is 2.25. The van der Waals surface area contributed by atoms with Crippen LogP contribution in [0.3, 0.4) is 0 Å². The van der Waals surface area contributed by atoms with Crippen molar-refractivity contribution in [2.75, 3.05) is 12.3 Å². The van der Waals surface area contributed by atoms with E-state index in [0.29, 0.717) is 12.4 Å². The molecule has 3 nitrogen and oxygen atoms in total. The molecular weight excluding hydrogens is 188 g/mol. The van der Waals surface area contributed by atoms with Gasteiger partial charge in [-0.1, -0.05) is 12.1 Å². The van der Waals surface area contributed by atoms with Gasteiger partial charge in [-0.2, -0.15) is 0 Å². The van der Waals surface area contributed by atoms with Crippen LogP contribution in [0.25, 0.3) is 10.9 Å². The minimum absolute atomic E-state index is 0.552. The summed E-state index contributed by atoms with van der Waals surface area (Å²) in [5, 5.41) is 1.11. The molecule has 15 heavy (non-hydrogen) atoms. The van der Waals surface area contributed by atoms with Gasteiger partial charge in [-0.15, -0.1) is 0 Å². The van der Waals surface area contributed by atoms with Crippen LogP contribution in [0.15, 0.2) is 30.3 Å². The molecule has 0 saturated carbocycles. The Bertz CT molecular complexity index is 468. The molecule has 2 aromatic rings. The molecule has 1 aromatic carbocycles. The van der Waals surface area contributed by atoms with E-state index in [4.69, 9.17) is 10.5 Å². The lowest BCUT2D eigenvalue weighted by molar-refractivity contribution is 0.135. The largest absolute Gasteiger partial charge is 0.384 e. The van der Waals surface area contributed by atoms with Gasteiger partial charge in [0.2, 0.25) is 0 Å². The van der Waals surface area contributed by atoms with Crippen molar-refractivity contribution in [3.05, 3.63) is 35.9 Å². The average molecular weight is 202 g/mol. The summed E-state index contributed by atoms with van der Waals surface area (Å²) in [6.45, 7) is 3.33. The van der Waals surface area contributed by atoms with Crippen molar-refractivity contribution >= 4 is 16.7 Å². The number of anilines is 1. The van der Waals surface area contributed by atoms with E-state index in [1.54, 1.807) is 0 Å². The predicted molar refractivity (Wildman–Crippen MR) is 61.5 cm³/mol. The Balaban J connectivity index is 2.46. The molecule has 0 amide bonds. The van der Waals surface area contributed by atoms with Crippen molar-refractivity contribution in [2.45, 2.75) is 13.5 Å². The fraction of sp³-hybridized carbons (Fsp3) is 0.250. The van der Waals surface area contributed by atoms with Crippen LogP contribution in [0.1, 0.15) is 12.5 Å². The molecule has 0 bridgehead atoms. The van der Waals surface area contributed by atoms with Crippen molar-refractivity contribution in [1.82, 2.24) is 4.98 Å². The fourth-order valence-electron chi connectivity index (χ4n) is 1.57. The number of fused-ring (bicyclic) bond motifs is 1. The van der Waals surface area contributed by atoms with Crippen LogP contribution in [-0.2, 0) is 11.3 Å². The van der Waals surface area contributed by atoms with Crippen LogP contribution >= 0.6 is 0 Å². The Labute approximate surface area is 88.9 Å². The Morgan fingerprint density at radius 2 is 2.13 bits per heavy atom. The number of benzene rings is 1. The van der Waals surface area contributed by atoms with E-state index in [-0.39, 0.29) is 0 Å². The van der Waals surface area contributed by atoms with Crippen molar-refractivity contribution in [3.63, 3.8) is 0 Å². The zero-order valence-electron chi connectivity index (χ0n) is 8.73. The van der Waals surface area contributed by atoms with E-state index in [1.165, 1.54) is 0 Å². The third-order valence-corrected chi connectivity index (χ3v) is 2.31. The highest BCUT2D eigenvalue weighted by Crippen LogP contribution is 2.18. The number of nitrogens with zero attached hydrogens (tertiary/aromatic N) is 1. The summed E-state index contributed by atoms with van der Waals surface area (Å²) in [6, 6.07) is 9.80. The van der Waals surface area contributed by atoms with Crippen LogP contribution < -0.4 is 5.73 Å². The summed E-state index contributed by atoms with van der Waals surface area (Å²) < 4.78 is 5.40. The molecule has 0 saturated heterocycles. The normalized spacial score (nSPS) is 10.7. The van der Waals surface area contributed by atoms with E-state index in [2.05, 4.69) is 11.1 Å². The molecule has 0 unspecified atom stereocenters. The van der Waals surface area contributed by atoms with Gasteiger partial charge in [0.05, 0.1) is 12.1 Å². The molecule has 2 N–H and O–H groups in total. The second-order valence-corrected chi connectivity index (χ2v) is 3.36. The first-order chi connectivity index (χ1) is 7.31. The first-order valence-electron chi connectivity index (χ1n) is 5.03. The van der Waals surface area contributed by atoms with Crippen LogP contribution in [0.5, 0.6) is 0 Å². The number of hydrogen-bond acceptors (Lipinski definition) is 3. The zero-order valence-corrected chi connectivity index (χ0v) is 8.73. The van der Waals surface area contributed by atoms with E-state index in [1.807, 2.05) is 31.2 Å². The molecule has 78 valence electrons. The van der Waals surface area contributed by atoms with Gasteiger partial charge in [-0.05, 0) is 30.7 Å². The molecule has 1 heterocycles. The molecule has 2 rings (SSSR count). The lowest BCUT2D eigenvalue weighted by atomic mass is 10.1. The third kappa shape index (κ3) is 2.07. The Morgan fingerprint density at radius 3 is 2.93 bits per heavy atom. The van der Waals surface area contributed by atoms with E-state index in [9.17, 15) is 0 Å². The molecule has 0 radical (unpaired) electrons. The smallest absolute Gasteiger partial charge is 0.124 e. The van der Waals surface area contributed by atoms with Gasteiger partial charge >= 0.3 is 0 Å². The summed E-state index contributed by atoms with van der Waals surface area (Å²) in [6.07, 6.45) is 0. The maximum absolute atomic E-state index is 5.63. The first-order valence-corrected chi connectivity index (χ1v) is 5.03. The van der Waals surface area contributed by atoms with Gasteiger partial charge < -0.3 is 10.5 Å². The lowest BCUT2D eigenvalue weighted by Gasteiger charge is -2.06. The Kier molecular flexibility index (Phi) is 2.83. The third-order valence-electron chi connectivity index (χ3n) is 2.31. The minimum Gasteiger partial charge on any atom is -0.384 e. The zero-order chi connectivity index (χ0) is 10.7. The SMILES string of the molecule is CCOCc1cccc2nc(N)ccc12. The second kappa shape index (κ2) is 4.28. The van der Waals surface area contributed by atoms with Crippen LogP contribution in [0.4, 0.5) is 5.82 Å². The maximum atomic E-state index is 5.63. The van der Waals surface area contributed by atoms with Crippen molar-refractivity contribution in [3.8, 4) is 0 Å². The number of ether oxygens (including phenoxy) is 1. The predicted octanol–water partition coefficient (Wildman–Crippen LogP) is 2.35. The summed E-state index contributed by atoms with van der Waals surface area (Å²) in [5.41, 5.74) is 7.71. The summed E-state index contributed by atoms with van der Waals surface area (Å²) in [5.74, 6) is 0.552. The van der Waals surface area contributed by atoms with Crippen molar-refractivity contribution < 1.29 is 4.74 Å². The summed E-state index contributed by atoms with van der Waals surface area (Å²) in [4.78, 5) is 4.27. The fourth-order valence-corrected chi connectivity index (χ4v) is 1.57. The van der Waals surface area contributed by atoms with Crippen molar-refractivity contribution in [2.24, 2.45) is 0 Å². The van der Waals surface area contributed by atoms with E-state index >= 15 is 0 Å². The second-order valence-electron chi connectivity index (χ2n) is 3.36. The van der Waals surface area contributed by atoms with Crippen LogP contribution in [0.2, 0.25) is 0 Å². The van der Waals surface area contributed by atoms with Gasteiger partial charge in [-0.3, -0.25) is 0 Å². The molecular formula is C12H14N2O. The molecule has 0 aliphatic carbocycles. The number of nitrogen functional groups attached to an aromatic ring is 1. The number of nitrogens with two attached hydrogens (primary N) is 1. The highest BCUT2D eigenvalue weighted by atomic mass is 16.5. The quantitative estimate of drug-likeness (QED) is 0.831. The molecule has 0 fully saturated rings. The molecule has 0 atom stereocenters. The Hall–Kier alpha value is -1.61. The summed E-state index contributed by atoms with van der Waals surface area (Å²) in [7, 11) is 0. The highest BCUT2D eigenvalue weighted by Gasteiger charge is 2.01. The number of rotatable bonds is 3. The van der Waals surface area contributed by atoms with E-state index in [0.717, 1.165) is 23.1 Å². The maximum Gasteiger partial charge on any atom is 0.124 e. The monoisotopic (exact) mass is 202 g/mol. The van der Waals surface area contributed by atoms with E-state index < -0.39 is 0 Å². The Morgan fingerprint density at radius 1 is 1.27 bits per heavy atom. The number of aromatic nitrogens is 1. The lowest BCUT2D eigenvalue weighted by Crippen LogP contribution is -1.95. The molecule has 0 spiro atoms. The molecule has 3 heteroatoms. The van der Waals surface area contributed by atoms with Gasteiger partial charge in [0.15, 0.2) is 0 Å². The first kappa shape index (κ1) is 9.93.